The maximum atomic E-state index is 10.9. The highest BCUT2D eigenvalue weighted by atomic mass is 16.7. The highest BCUT2D eigenvalue weighted by molar-refractivity contribution is 5.51. The fourth-order valence-corrected chi connectivity index (χ4v) is 3.58. The zero-order chi connectivity index (χ0) is 23.6. The van der Waals surface area contributed by atoms with Crippen LogP contribution in [0.2, 0.25) is 0 Å². The van der Waals surface area contributed by atoms with E-state index in [0.29, 0.717) is 0 Å². The van der Waals surface area contributed by atoms with Gasteiger partial charge < -0.3 is 55.3 Å². The molecule has 0 amide bonds. The Morgan fingerprint density at radius 1 is 0.938 bits per heavy atom. The van der Waals surface area contributed by atoms with Crippen LogP contribution in [0.25, 0.3) is 0 Å². The van der Waals surface area contributed by atoms with Gasteiger partial charge in [-0.3, -0.25) is 10.1 Å². The van der Waals surface area contributed by atoms with Crippen LogP contribution >= 0.6 is 0 Å². The van der Waals surface area contributed by atoms with Crippen molar-refractivity contribution in [3.05, 3.63) is 34.4 Å². The molecule has 14 nitrogen and oxygen atoms in total. The van der Waals surface area contributed by atoms with Gasteiger partial charge in [-0.15, -0.1) is 0 Å². The molecule has 0 unspecified atom stereocenters. The maximum Gasteiger partial charge on any atom is 0.271 e. The number of anilines is 1. The van der Waals surface area contributed by atoms with Gasteiger partial charge in [-0.2, -0.15) is 0 Å². The van der Waals surface area contributed by atoms with E-state index in [1.807, 2.05) is 0 Å². The minimum Gasteiger partial charge on any atom is -0.394 e. The van der Waals surface area contributed by atoms with Crippen LogP contribution in [0.5, 0.6) is 0 Å². The van der Waals surface area contributed by atoms with E-state index in [9.17, 15) is 45.9 Å². The Balaban J connectivity index is 1.72. The van der Waals surface area contributed by atoms with E-state index in [4.69, 9.17) is 14.2 Å². The van der Waals surface area contributed by atoms with Gasteiger partial charge in [0.05, 0.1) is 18.1 Å². The molecule has 0 bridgehead atoms. The van der Waals surface area contributed by atoms with Crippen molar-refractivity contribution in [3.8, 4) is 0 Å². The molecule has 8 N–H and O–H groups in total. The molecule has 2 fully saturated rings. The van der Waals surface area contributed by atoms with Gasteiger partial charge in [0.25, 0.3) is 5.69 Å². The van der Waals surface area contributed by atoms with E-state index in [2.05, 4.69) is 5.32 Å². The maximum absolute atomic E-state index is 10.9. The van der Waals surface area contributed by atoms with Crippen LogP contribution in [0.1, 0.15) is 0 Å². The first-order valence-corrected chi connectivity index (χ1v) is 9.77. The summed E-state index contributed by atoms with van der Waals surface area (Å²) in [7, 11) is 0. The first-order valence-electron chi connectivity index (χ1n) is 9.77. The number of nitro groups is 1. The number of ether oxygens (including phenoxy) is 3. The second kappa shape index (κ2) is 10.3. The summed E-state index contributed by atoms with van der Waals surface area (Å²) in [6.45, 7) is -1.39. The molecule has 0 aromatic heterocycles. The first kappa shape index (κ1) is 24.7. The summed E-state index contributed by atoms with van der Waals surface area (Å²) in [5, 5.41) is 83.5. The summed E-state index contributed by atoms with van der Waals surface area (Å²) in [5.41, 5.74) is -0.0103. The molecule has 0 saturated carbocycles. The average molecular weight is 462 g/mol. The van der Waals surface area contributed by atoms with E-state index in [0.717, 1.165) is 0 Å². The van der Waals surface area contributed by atoms with Crippen molar-refractivity contribution in [2.24, 2.45) is 0 Å². The van der Waals surface area contributed by atoms with Crippen molar-refractivity contribution in [2.45, 2.75) is 61.3 Å². The molecule has 32 heavy (non-hydrogen) atoms. The molecule has 1 aromatic rings. The smallest absolute Gasteiger partial charge is 0.271 e. The third kappa shape index (κ3) is 4.99. The fraction of sp³-hybridized carbons (Fsp3) is 0.667. The summed E-state index contributed by atoms with van der Waals surface area (Å²) >= 11 is 0. The van der Waals surface area contributed by atoms with Crippen LogP contribution in [0.4, 0.5) is 11.4 Å². The van der Waals surface area contributed by atoms with Crippen LogP contribution in [0.15, 0.2) is 24.3 Å². The Labute approximate surface area is 181 Å². The number of nitrogens with zero attached hydrogens (tertiary/aromatic N) is 1. The third-order valence-electron chi connectivity index (χ3n) is 5.37. The molecule has 0 spiro atoms. The zero-order valence-electron chi connectivity index (χ0n) is 16.6. The van der Waals surface area contributed by atoms with E-state index in [1.165, 1.54) is 24.3 Å². The molecular formula is C18H26N2O12. The van der Waals surface area contributed by atoms with Crippen LogP contribution in [-0.2, 0) is 14.2 Å². The van der Waals surface area contributed by atoms with Crippen molar-refractivity contribution in [1.82, 2.24) is 0 Å². The summed E-state index contributed by atoms with van der Waals surface area (Å²) < 4.78 is 16.2. The van der Waals surface area contributed by atoms with Gasteiger partial charge in [-0.1, -0.05) is 6.07 Å². The molecular weight excluding hydrogens is 436 g/mol. The van der Waals surface area contributed by atoms with Gasteiger partial charge in [0.15, 0.2) is 12.5 Å². The SMILES string of the molecule is O=[N+]([O-])c1cccc(N[C@H]2O[C@H](CO)[C@@H](O[C@@H]3O[C@H](CO)[C@H](O)[C@H](O)[C@H]3O)[C@H](O)[C@H]2O)c1. The quantitative estimate of drug-likeness (QED) is 0.146. The number of rotatable bonds is 7. The van der Waals surface area contributed by atoms with E-state index < -0.39 is 79.5 Å². The van der Waals surface area contributed by atoms with Gasteiger partial charge in [-0.25, -0.2) is 0 Å². The molecule has 3 rings (SSSR count). The molecule has 180 valence electrons. The lowest BCUT2D eigenvalue weighted by molar-refractivity contribution is -0.384. The summed E-state index contributed by atoms with van der Waals surface area (Å²) in [6, 6.07) is 5.33. The van der Waals surface area contributed by atoms with Crippen LogP contribution in [0, 0.1) is 10.1 Å². The lowest BCUT2D eigenvalue weighted by Gasteiger charge is -2.46. The number of benzene rings is 1. The Kier molecular flexibility index (Phi) is 7.94. The van der Waals surface area contributed by atoms with E-state index in [1.54, 1.807) is 0 Å². The van der Waals surface area contributed by atoms with Crippen molar-refractivity contribution >= 4 is 11.4 Å². The predicted molar refractivity (Wildman–Crippen MR) is 103 cm³/mol. The van der Waals surface area contributed by atoms with E-state index >= 15 is 0 Å². The highest BCUT2D eigenvalue weighted by Gasteiger charge is 2.50. The minimum absolute atomic E-state index is 0.209. The number of nitro benzene ring substituents is 1. The van der Waals surface area contributed by atoms with Crippen molar-refractivity contribution in [2.75, 3.05) is 18.5 Å². The Morgan fingerprint density at radius 3 is 2.25 bits per heavy atom. The van der Waals surface area contributed by atoms with Gasteiger partial charge in [0.2, 0.25) is 0 Å². The number of nitrogens with one attached hydrogen (secondary N) is 1. The molecule has 2 aliphatic heterocycles. The number of non-ortho nitro benzene ring substituents is 1. The zero-order valence-corrected chi connectivity index (χ0v) is 16.6. The second-order valence-electron chi connectivity index (χ2n) is 7.51. The van der Waals surface area contributed by atoms with Gasteiger partial charge in [0.1, 0.15) is 48.8 Å². The standard InChI is InChI=1S/C18H26N2O12/c21-5-9-11(23)12(24)15(27)18(31-9)32-16-10(6-22)30-17(14(26)13(16)25)19-7-2-1-3-8(4-7)20(28)29/h1-4,9-19,21-27H,5-6H2/t9-,10-,11+,12+,13-,14-,15-,16-,17+,18+/m1/s1. The molecule has 2 saturated heterocycles. The van der Waals surface area contributed by atoms with Crippen LogP contribution in [-0.4, -0.2) is 115 Å². The van der Waals surface area contributed by atoms with E-state index in [-0.39, 0.29) is 11.4 Å². The monoisotopic (exact) mass is 462 g/mol. The number of hydrogen-bond donors (Lipinski definition) is 8. The molecule has 0 aliphatic carbocycles. The van der Waals surface area contributed by atoms with Gasteiger partial charge in [-0.05, 0) is 6.07 Å². The Hall–Kier alpha value is -1.98. The third-order valence-corrected chi connectivity index (χ3v) is 5.37. The molecule has 14 heteroatoms. The van der Waals surface area contributed by atoms with Crippen molar-refractivity contribution < 1.29 is 54.9 Å². The van der Waals surface area contributed by atoms with Crippen molar-refractivity contribution in [1.29, 1.82) is 0 Å². The molecule has 1 aromatic carbocycles. The summed E-state index contributed by atoms with van der Waals surface area (Å²) in [6.07, 6.45) is -15.3. The topological polar surface area (TPSA) is 224 Å². The second-order valence-corrected chi connectivity index (χ2v) is 7.51. The predicted octanol–water partition coefficient (Wildman–Crippen LogP) is -3.37. The largest absolute Gasteiger partial charge is 0.394 e. The molecule has 0 radical (unpaired) electrons. The minimum atomic E-state index is -1.77. The normalized spacial score (nSPS) is 40.1. The molecule has 2 heterocycles. The number of aliphatic hydroxyl groups is 7. The Morgan fingerprint density at radius 2 is 1.62 bits per heavy atom. The lowest BCUT2D eigenvalue weighted by atomic mass is 9.96. The summed E-state index contributed by atoms with van der Waals surface area (Å²) in [5.74, 6) is 0. The van der Waals surface area contributed by atoms with Crippen molar-refractivity contribution in [3.63, 3.8) is 0 Å². The van der Waals surface area contributed by atoms with Crippen LogP contribution < -0.4 is 5.32 Å². The highest BCUT2D eigenvalue weighted by Crippen LogP contribution is 2.30. The number of aliphatic hydroxyl groups excluding tert-OH is 7. The first-order chi connectivity index (χ1) is 15.2. The van der Waals surface area contributed by atoms with Crippen LogP contribution in [0.3, 0.4) is 0 Å². The van der Waals surface area contributed by atoms with Gasteiger partial charge >= 0.3 is 0 Å². The fourth-order valence-electron chi connectivity index (χ4n) is 3.58. The lowest BCUT2D eigenvalue weighted by Crippen LogP contribution is -2.65. The number of hydrogen-bond acceptors (Lipinski definition) is 13. The molecule has 2 aliphatic rings. The van der Waals surface area contributed by atoms with Gasteiger partial charge in [0, 0.05) is 17.8 Å². The summed E-state index contributed by atoms with van der Waals surface area (Å²) in [4.78, 5) is 10.3. The average Bonchev–Trinajstić information content (AvgIpc) is 2.78. The molecule has 10 atom stereocenters. The Bertz CT molecular complexity index is 780.